The second-order valence-electron chi connectivity index (χ2n) is 5.86. The predicted molar refractivity (Wildman–Crippen MR) is 94.0 cm³/mol. The van der Waals surface area contributed by atoms with E-state index in [1.807, 2.05) is 12.1 Å². The van der Waals surface area contributed by atoms with Gasteiger partial charge in [-0.3, -0.25) is 0 Å². The fourth-order valence-electron chi connectivity index (χ4n) is 2.23. The summed E-state index contributed by atoms with van der Waals surface area (Å²) in [7, 11) is 1.72. The molecule has 0 spiro atoms. The molecular weight excluding hydrogens is 274 g/mol. The largest absolute Gasteiger partial charge is 0.380 e. The minimum Gasteiger partial charge on any atom is -0.380 e. The van der Waals surface area contributed by atoms with Crippen molar-refractivity contribution >= 4 is 5.96 Å². The predicted octanol–water partition coefficient (Wildman–Crippen LogP) is 3.32. The standard InChI is InChI=1S/C18H31N3O/c1-5-19-18(20-12-8-9-15(2)3)21-13-16-10-6-7-11-17(16)14-22-4/h6-7,10-11,15H,5,8-9,12-14H2,1-4H3,(H2,19,20,21). The van der Waals surface area contributed by atoms with E-state index >= 15 is 0 Å². The quantitative estimate of drug-likeness (QED) is 0.418. The number of methoxy groups -OCH3 is 1. The fourth-order valence-corrected chi connectivity index (χ4v) is 2.23. The lowest BCUT2D eigenvalue weighted by atomic mass is 10.1. The molecule has 0 atom stereocenters. The molecule has 2 N–H and O–H groups in total. The molecule has 0 unspecified atom stereocenters. The number of guanidine groups is 1. The Morgan fingerprint density at radius 1 is 1.18 bits per heavy atom. The molecule has 0 aliphatic heterocycles. The van der Waals surface area contributed by atoms with Crippen molar-refractivity contribution in [2.24, 2.45) is 10.9 Å². The van der Waals surface area contributed by atoms with Crippen LogP contribution in [0, 0.1) is 5.92 Å². The molecule has 1 aromatic rings. The Labute approximate surface area is 135 Å². The first-order chi connectivity index (χ1) is 10.7. The minimum atomic E-state index is 0.629. The van der Waals surface area contributed by atoms with Crippen molar-refractivity contribution in [1.29, 1.82) is 0 Å². The highest BCUT2D eigenvalue weighted by atomic mass is 16.5. The Morgan fingerprint density at radius 2 is 1.91 bits per heavy atom. The summed E-state index contributed by atoms with van der Waals surface area (Å²) in [4.78, 5) is 4.68. The van der Waals surface area contributed by atoms with Crippen LogP contribution in [0.25, 0.3) is 0 Å². The van der Waals surface area contributed by atoms with Gasteiger partial charge in [0.05, 0.1) is 13.2 Å². The number of aliphatic imine (C=N–C) groups is 1. The summed E-state index contributed by atoms with van der Waals surface area (Å²) in [6, 6.07) is 8.29. The van der Waals surface area contributed by atoms with Gasteiger partial charge in [0.15, 0.2) is 5.96 Å². The third kappa shape index (κ3) is 7.46. The molecule has 1 aromatic carbocycles. The van der Waals surface area contributed by atoms with Crippen molar-refractivity contribution in [3.8, 4) is 0 Å². The summed E-state index contributed by atoms with van der Waals surface area (Å²) in [5.74, 6) is 1.64. The van der Waals surface area contributed by atoms with E-state index in [9.17, 15) is 0 Å². The second kappa shape index (κ2) is 11.1. The molecule has 0 radical (unpaired) electrons. The number of ether oxygens (including phenoxy) is 1. The molecule has 0 saturated carbocycles. The third-order valence-electron chi connectivity index (χ3n) is 3.42. The van der Waals surface area contributed by atoms with Crippen LogP contribution in [-0.4, -0.2) is 26.2 Å². The van der Waals surface area contributed by atoms with Gasteiger partial charge in [0.2, 0.25) is 0 Å². The van der Waals surface area contributed by atoms with Crippen LogP contribution in [-0.2, 0) is 17.9 Å². The zero-order chi connectivity index (χ0) is 16.2. The molecule has 124 valence electrons. The molecule has 1 rings (SSSR count). The lowest BCUT2D eigenvalue weighted by Gasteiger charge is -2.13. The summed E-state index contributed by atoms with van der Waals surface area (Å²) in [5, 5.41) is 6.71. The van der Waals surface area contributed by atoms with Gasteiger partial charge in [0.1, 0.15) is 0 Å². The molecule has 0 saturated heterocycles. The van der Waals surface area contributed by atoms with Gasteiger partial charge in [0, 0.05) is 20.2 Å². The van der Waals surface area contributed by atoms with E-state index in [-0.39, 0.29) is 0 Å². The van der Waals surface area contributed by atoms with Gasteiger partial charge in [-0.1, -0.05) is 38.1 Å². The molecule has 22 heavy (non-hydrogen) atoms. The zero-order valence-electron chi connectivity index (χ0n) is 14.5. The maximum atomic E-state index is 5.24. The highest BCUT2D eigenvalue weighted by Crippen LogP contribution is 2.11. The Bertz CT molecular complexity index is 444. The highest BCUT2D eigenvalue weighted by Gasteiger charge is 2.02. The SMILES string of the molecule is CCNC(=NCc1ccccc1COC)NCCCC(C)C. The van der Waals surface area contributed by atoms with Crippen LogP contribution < -0.4 is 10.6 Å². The van der Waals surface area contributed by atoms with E-state index in [2.05, 4.69) is 48.5 Å². The monoisotopic (exact) mass is 305 g/mol. The van der Waals surface area contributed by atoms with Gasteiger partial charge in [-0.2, -0.15) is 0 Å². The van der Waals surface area contributed by atoms with Crippen LogP contribution >= 0.6 is 0 Å². The molecule has 0 aliphatic rings. The van der Waals surface area contributed by atoms with E-state index in [1.54, 1.807) is 7.11 Å². The van der Waals surface area contributed by atoms with Gasteiger partial charge >= 0.3 is 0 Å². The number of nitrogens with one attached hydrogen (secondary N) is 2. The van der Waals surface area contributed by atoms with Gasteiger partial charge in [-0.05, 0) is 36.8 Å². The Kier molecular flexibility index (Phi) is 9.31. The average molecular weight is 305 g/mol. The Balaban J connectivity index is 2.57. The van der Waals surface area contributed by atoms with E-state index in [4.69, 9.17) is 4.74 Å². The van der Waals surface area contributed by atoms with Crippen molar-refractivity contribution in [2.75, 3.05) is 20.2 Å². The molecule has 0 amide bonds. The highest BCUT2D eigenvalue weighted by molar-refractivity contribution is 5.79. The summed E-state index contributed by atoms with van der Waals surface area (Å²) in [5.41, 5.74) is 2.41. The van der Waals surface area contributed by atoms with Gasteiger partial charge in [0.25, 0.3) is 0 Å². The van der Waals surface area contributed by atoms with E-state index in [1.165, 1.54) is 24.0 Å². The van der Waals surface area contributed by atoms with Gasteiger partial charge in [-0.25, -0.2) is 4.99 Å². The number of benzene rings is 1. The maximum Gasteiger partial charge on any atom is 0.191 e. The molecule has 0 aliphatic carbocycles. The van der Waals surface area contributed by atoms with Crippen LogP contribution in [0.15, 0.2) is 29.3 Å². The smallest absolute Gasteiger partial charge is 0.191 e. The topological polar surface area (TPSA) is 45.7 Å². The number of hydrogen-bond acceptors (Lipinski definition) is 2. The molecule has 0 aromatic heterocycles. The lowest BCUT2D eigenvalue weighted by Crippen LogP contribution is -2.37. The van der Waals surface area contributed by atoms with E-state index in [0.717, 1.165) is 25.0 Å². The maximum absolute atomic E-state index is 5.24. The normalized spacial score (nSPS) is 11.8. The molecule has 0 fully saturated rings. The second-order valence-corrected chi connectivity index (χ2v) is 5.86. The number of nitrogens with zero attached hydrogens (tertiary/aromatic N) is 1. The van der Waals surface area contributed by atoms with Crippen LogP contribution in [0.4, 0.5) is 0 Å². The summed E-state index contributed by atoms with van der Waals surface area (Å²) < 4.78 is 5.24. The average Bonchev–Trinajstić information content (AvgIpc) is 2.50. The lowest BCUT2D eigenvalue weighted by molar-refractivity contribution is 0.184. The van der Waals surface area contributed by atoms with Gasteiger partial charge < -0.3 is 15.4 Å². The van der Waals surface area contributed by atoms with Crippen molar-refractivity contribution in [1.82, 2.24) is 10.6 Å². The first-order valence-corrected chi connectivity index (χ1v) is 8.25. The Morgan fingerprint density at radius 3 is 2.55 bits per heavy atom. The van der Waals surface area contributed by atoms with E-state index in [0.29, 0.717) is 13.2 Å². The van der Waals surface area contributed by atoms with Crippen molar-refractivity contribution in [3.63, 3.8) is 0 Å². The van der Waals surface area contributed by atoms with Crippen LogP contribution in [0.5, 0.6) is 0 Å². The molecule has 0 bridgehead atoms. The third-order valence-corrected chi connectivity index (χ3v) is 3.42. The minimum absolute atomic E-state index is 0.629. The van der Waals surface area contributed by atoms with Crippen LogP contribution in [0.3, 0.4) is 0 Å². The molecule has 4 nitrogen and oxygen atoms in total. The summed E-state index contributed by atoms with van der Waals surface area (Å²) in [6.07, 6.45) is 2.41. The first kappa shape index (κ1) is 18.5. The molecular formula is C18H31N3O. The summed E-state index contributed by atoms with van der Waals surface area (Å²) in [6.45, 7) is 9.73. The van der Waals surface area contributed by atoms with Crippen molar-refractivity contribution in [2.45, 2.75) is 46.8 Å². The Hall–Kier alpha value is -1.55. The zero-order valence-corrected chi connectivity index (χ0v) is 14.5. The van der Waals surface area contributed by atoms with Crippen molar-refractivity contribution < 1.29 is 4.74 Å². The summed E-state index contributed by atoms with van der Waals surface area (Å²) >= 11 is 0. The first-order valence-electron chi connectivity index (χ1n) is 8.25. The van der Waals surface area contributed by atoms with E-state index < -0.39 is 0 Å². The molecule has 0 heterocycles. The molecule has 4 heteroatoms. The fraction of sp³-hybridized carbons (Fsp3) is 0.611. The van der Waals surface area contributed by atoms with Crippen molar-refractivity contribution in [3.05, 3.63) is 35.4 Å². The number of hydrogen-bond donors (Lipinski definition) is 2. The van der Waals surface area contributed by atoms with Crippen LogP contribution in [0.1, 0.15) is 44.7 Å². The van der Waals surface area contributed by atoms with Gasteiger partial charge in [-0.15, -0.1) is 0 Å². The number of rotatable bonds is 9. The van der Waals surface area contributed by atoms with Crippen LogP contribution in [0.2, 0.25) is 0 Å².